The van der Waals surface area contributed by atoms with Crippen molar-refractivity contribution in [3.63, 3.8) is 0 Å². The Morgan fingerprint density at radius 2 is 1.25 bits per heavy atom. The number of halogens is 1. The zero-order chi connectivity index (χ0) is 9.23. The second kappa shape index (κ2) is 9.59. The Hall–Kier alpha value is 0.507. The molecule has 12 heavy (non-hydrogen) atoms. The summed E-state index contributed by atoms with van der Waals surface area (Å²) in [5.41, 5.74) is 0. The molecule has 0 rings (SSSR count). The van der Waals surface area contributed by atoms with Gasteiger partial charge >= 0.3 is 0 Å². The highest BCUT2D eigenvalue weighted by Crippen LogP contribution is 2.14. The van der Waals surface area contributed by atoms with Crippen molar-refractivity contribution in [3.05, 3.63) is 0 Å². The van der Waals surface area contributed by atoms with Crippen LogP contribution in [0.1, 0.15) is 52.4 Å². The molecule has 0 aromatic rings. The maximum absolute atomic E-state index is 6.25. The van der Waals surface area contributed by atoms with Gasteiger partial charge in [-0.15, -0.1) is 0 Å². The number of rotatable bonds is 8. The first kappa shape index (κ1) is 12.5. The molecule has 0 saturated heterocycles. The predicted octanol–water partition coefficient (Wildman–Crippen LogP) is 4.60. The van der Waals surface area contributed by atoms with E-state index in [2.05, 4.69) is 13.8 Å². The van der Waals surface area contributed by atoms with Crippen LogP contribution in [0.2, 0.25) is 12.1 Å². The van der Waals surface area contributed by atoms with Crippen LogP contribution in [0.4, 0.5) is 0 Å². The fraction of sp³-hybridized carbons (Fsp3) is 1.00. The van der Waals surface area contributed by atoms with Crippen molar-refractivity contribution in [2.24, 2.45) is 0 Å². The molecule has 73 valence electrons. The first-order valence-corrected chi connectivity index (χ1v) is 8.24. The van der Waals surface area contributed by atoms with Crippen molar-refractivity contribution in [3.8, 4) is 0 Å². The molecule has 2 heteroatoms. The minimum atomic E-state index is -0.462. The smallest absolute Gasteiger partial charge is 0.165 e. The van der Waals surface area contributed by atoms with Gasteiger partial charge in [0.25, 0.3) is 0 Å². The van der Waals surface area contributed by atoms with Crippen LogP contribution in [0.5, 0.6) is 0 Å². The first-order chi connectivity index (χ1) is 5.81. The van der Waals surface area contributed by atoms with Crippen LogP contribution < -0.4 is 0 Å². The van der Waals surface area contributed by atoms with E-state index in [1.54, 1.807) is 0 Å². The topological polar surface area (TPSA) is 0 Å². The molecule has 0 aliphatic carbocycles. The van der Waals surface area contributed by atoms with Gasteiger partial charge in [0, 0.05) is 0 Å². The Morgan fingerprint density at radius 3 is 1.58 bits per heavy atom. The molecule has 1 radical (unpaired) electrons. The molecular weight excluding hydrogens is 184 g/mol. The molecule has 0 bridgehead atoms. The lowest BCUT2D eigenvalue weighted by Gasteiger charge is -2.05. The summed E-state index contributed by atoms with van der Waals surface area (Å²) in [7, 11) is -0.462. The quantitative estimate of drug-likeness (QED) is 0.309. The third kappa shape index (κ3) is 8.60. The van der Waals surface area contributed by atoms with Crippen molar-refractivity contribution in [1.82, 2.24) is 0 Å². The average molecular weight is 206 g/mol. The third-order valence-electron chi connectivity index (χ3n) is 2.10. The van der Waals surface area contributed by atoms with E-state index >= 15 is 0 Å². The zero-order valence-corrected chi connectivity index (χ0v) is 10.3. The van der Waals surface area contributed by atoms with Gasteiger partial charge in [-0.25, -0.2) is 0 Å². The Bertz CT molecular complexity index is 75.9. The van der Waals surface area contributed by atoms with Crippen LogP contribution in [0.25, 0.3) is 0 Å². The molecule has 0 aromatic carbocycles. The molecule has 0 N–H and O–H groups in total. The molecule has 0 aliphatic heterocycles. The Kier molecular flexibility index (Phi) is 10.00. The van der Waals surface area contributed by atoms with Crippen LogP contribution in [-0.4, -0.2) is 8.11 Å². The lowest BCUT2D eigenvalue weighted by molar-refractivity contribution is 0.750. The minimum Gasteiger partial charge on any atom is -0.169 e. The zero-order valence-electron chi connectivity index (χ0n) is 8.53. The molecule has 0 spiro atoms. The minimum absolute atomic E-state index is 0.462. The second-order valence-corrected chi connectivity index (χ2v) is 7.07. The van der Waals surface area contributed by atoms with Crippen LogP contribution in [0.15, 0.2) is 0 Å². The van der Waals surface area contributed by atoms with Crippen molar-refractivity contribution in [2.45, 2.75) is 64.5 Å². The van der Waals surface area contributed by atoms with Gasteiger partial charge in [0.2, 0.25) is 0 Å². The van der Waals surface area contributed by atoms with Gasteiger partial charge in [-0.1, -0.05) is 52.4 Å². The SMILES string of the molecule is CCCCC[Si](Cl)CCCCC. The normalized spacial score (nSPS) is 11.0. The fourth-order valence-corrected chi connectivity index (χ4v) is 3.58. The highest BCUT2D eigenvalue weighted by atomic mass is 35.6. The summed E-state index contributed by atoms with van der Waals surface area (Å²) in [6.07, 6.45) is 8.10. The lowest BCUT2D eigenvalue weighted by atomic mass is 10.3. The highest BCUT2D eigenvalue weighted by Gasteiger charge is 2.05. The van der Waals surface area contributed by atoms with Gasteiger partial charge in [-0.2, -0.15) is 11.1 Å². The van der Waals surface area contributed by atoms with E-state index in [-0.39, 0.29) is 0 Å². The van der Waals surface area contributed by atoms with E-state index < -0.39 is 8.11 Å². The molecule has 0 atom stereocenters. The maximum atomic E-state index is 6.25. The first-order valence-electron chi connectivity index (χ1n) is 5.31. The van der Waals surface area contributed by atoms with Gasteiger partial charge in [0.1, 0.15) is 0 Å². The monoisotopic (exact) mass is 205 g/mol. The van der Waals surface area contributed by atoms with Crippen molar-refractivity contribution >= 4 is 19.2 Å². The summed E-state index contributed by atoms with van der Waals surface area (Å²) in [6, 6.07) is 2.65. The van der Waals surface area contributed by atoms with E-state index in [0.29, 0.717) is 0 Å². The predicted molar refractivity (Wildman–Crippen MR) is 60.3 cm³/mol. The molecule has 0 fully saturated rings. The Balaban J connectivity index is 3.04. The van der Waals surface area contributed by atoms with E-state index in [0.717, 1.165) is 0 Å². The van der Waals surface area contributed by atoms with Crippen LogP contribution in [0, 0.1) is 0 Å². The highest BCUT2D eigenvalue weighted by molar-refractivity contribution is 7.06. The largest absolute Gasteiger partial charge is 0.169 e. The molecule has 0 aromatic heterocycles. The summed E-state index contributed by atoms with van der Waals surface area (Å²) >= 11 is 6.25. The Morgan fingerprint density at radius 1 is 0.833 bits per heavy atom. The number of hydrogen-bond acceptors (Lipinski definition) is 0. The van der Waals surface area contributed by atoms with Crippen molar-refractivity contribution < 1.29 is 0 Å². The van der Waals surface area contributed by atoms with Crippen molar-refractivity contribution in [2.75, 3.05) is 0 Å². The maximum Gasteiger partial charge on any atom is 0.165 e. The molecule has 0 saturated carbocycles. The standard InChI is InChI=1S/C10H22ClSi/c1-3-5-7-9-12(11)10-8-6-4-2/h3-10H2,1-2H3. The molecule has 0 aliphatic rings. The lowest BCUT2D eigenvalue weighted by Crippen LogP contribution is -2.02. The number of hydrogen-bond donors (Lipinski definition) is 0. The van der Waals surface area contributed by atoms with Crippen LogP contribution in [-0.2, 0) is 0 Å². The van der Waals surface area contributed by atoms with Crippen LogP contribution in [0.3, 0.4) is 0 Å². The van der Waals surface area contributed by atoms with Gasteiger partial charge in [-0.05, 0) is 12.1 Å². The third-order valence-corrected chi connectivity index (χ3v) is 5.03. The van der Waals surface area contributed by atoms with Crippen LogP contribution >= 0.6 is 11.1 Å². The fourth-order valence-electron chi connectivity index (χ4n) is 1.26. The van der Waals surface area contributed by atoms with E-state index in [9.17, 15) is 0 Å². The van der Waals surface area contributed by atoms with Gasteiger partial charge in [0.15, 0.2) is 8.11 Å². The van der Waals surface area contributed by atoms with Crippen molar-refractivity contribution in [1.29, 1.82) is 0 Å². The van der Waals surface area contributed by atoms with Gasteiger partial charge in [0.05, 0.1) is 0 Å². The van der Waals surface area contributed by atoms with Gasteiger partial charge in [-0.3, -0.25) is 0 Å². The van der Waals surface area contributed by atoms with E-state index in [1.807, 2.05) is 0 Å². The van der Waals surface area contributed by atoms with E-state index in [4.69, 9.17) is 11.1 Å². The summed E-state index contributed by atoms with van der Waals surface area (Å²) in [4.78, 5) is 0. The molecule has 0 nitrogen and oxygen atoms in total. The summed E-state index contributed by atoms with van der Waals surface area (Å²) in [5.74, 6) is 0. The molecule has 0 unspecified atom stereocenters. The molecule has 0 amide bonds. The summed E-state index contributed by atoms with van der Waals surface area (Å²) in [5, 5.41) is 0. The summed E-state index contributed by atoms with van der Waals surface area (Å²) in [6.45, 7) is 4.50. The molecular formula is C10H22ClSi. The summed E-state index contributed by atoms with van der Waals surface area (Å²) < 4.78 is 0. The van der Waals surface area contributed by atoms with E-state index in [1.165, 1.54) is 50.6 Å². The average Bonchev–Trinajstić information content (AvgIpc) is 2.06. The Labute approximate surface area is 84.0 Å². The van der Waals surface area contributed by atoms with Gasteiger partial charge < -0.3 is 0 Å². The number of unbranched alkanes of at least 4 members (excludes halogenated alkanes) is 4. The molecule has 0 heterocycles. The second-order valence-electron chi connectivity index (χ2n) is 3.43.